The van der Waals surface area contributed by atoms with Crippen LogP contribution >= 0.6 is 27.7 Å². The lowest BCUT2D eigenvalue weighted by Gasteiger charge is -2.31. The first kappa shape index (κ1) is 17.1. The van der Waals surface area contributed by atoms with Crippen LogP contribution in [0.3, 0.4) is 0 Å². The molecule has 24 heavy (non-hydrogen) atoms. The van der Waals surface area contributed by atoms with Gasteiger partial charge in [-0.05, 0) is 37.5 Å². The topological polar surface area (TPSA) is 61.8 Å². The van der Waals surface area contributed by atoms with Crippen LogP contribution < -0.4 is 4.74 Å². The quantitative estimate of drug-likeness (QED) is 0.554. The molecule has 1 atom stereocenters. The number of ether oxygens (including phenoxy) is 3. The Morgan fingerprint density at radius 3 is 2.83 bits per heavy atom. The van der Waals surface area contributed by atoms with E-state index >= 15 is 0 Å². The van der Waals surface area contributed by atoms with Crippen molar-refractivity contribution >= 4 is 39.6 Å². The second-order valence-electron chi connectivity index (χ2n) is 5.05. The molecule has 0 fully saturated rings. The Morgan fingerprint density at radius 1 is 1.33 bits per heavy atom. The molecule has 0 radical (unpaired) electrons. The molecule has 0 spiro atoms. The van der Waals surface area contributed by atoms with E-state index in [2.05, 4.69) is 15.9 Å². The minimum absolute atomic E-state index is 0.265. The maximum Gasteiger partial charge on any atom is 0.344 e. The Labute approximate surface area is 152 Å². The third kappa shape index (κ3) is 2.98. The Balaban J connectivity index is 2.16. The highest BCUT2D eigenvalue weighted by Gasteiger charge is 2.43. The van der Waals surface area contributed by atoms with Crippen molar-refractivity contribution in [3.63, 3.8) is 0 Å². The van der Waals surface area contributed by atoms with E-state index in [1.807, 2.05) is 13.0 Å². The van der Waals surface area contributed by atoms with Crippen LogP contribution in [0.15, 0.2) is 44.3 Å². The molecule has 1 unspecified atom stereocenters. The fourth-order valence-corrected chi connectivity index (χ4v) is 4.02. The fraction of sp³-hybridized carbons (Fsp3) is 0.294. The highest BCUT2D eigenvalue weighted by Crippen LogP contribution is 2.49. The van der Waals surface area contributed by atoms with Crippen LogP contribution in [0.25, 0.3) is 0 Å². The summed E-state index contributed by atoms with van der Waals surface area (Å²) in [6.45, 7) is 4.27. The Kier molecular flexibility index (Phi) is 5.01. The first-order chi connectivity index (χ1) is 11.6. The van der Waals surface area contributed by atoms with E-state index < -0.39 is 17.9 Å². The molecule has 2 heterocycles. The van der Waals surface area contributed by atoms with Gasteiger partial charge in [-0.15, -0.1) is 0 Å². The number of thioether (sulfide) groups is 1. The Morgan fingerprint density at radius 2 is 2.12 bits per heavy atom. The molecular weight excluding hydrogens is 396 g/mol. The van der Waals surface area contributed by atoms with Crippen molar-refractivity contribution in [3.8, 4) is 5.75 Å². The molecule has 3 rings (SSSR count). The Hall–Kier alpha value is -1.73. The zero-order chi connectivity index (χ0) is 17.3. The summed E-state index contributed by atoms with van der Waals surface area (Å²) in [6, 6.07) is 5.34. The molecule has 1 aromatic carbocycles. The van der Waals surface area contributed by atoms with Crippen LogP contribution in [0.1, 0.15) is 25.3 Å². The van der Waals surface area contributed by atoms with Gasteiger partial charge in [0.2, 0.25) is 0 Å². The smallest absolute Gasteiger partial charge is 0.344 e. The zero-order valence-electron chi connectivity index (χ0n) is 13.1. The average Bonchev–Trinajstić information content (AvgIpc) is 2.56. The predicted molar refractivity (Wildman–Crippen MR) is 93.5 cm³/mol. The van der Waals surface area contributed by atoms with Crippen molar-refractivity contribution in [1.29, 1.82) is 0 Å². The third-order valence-corrected chi connectivity index (χ3v) is 5.02. The molecule has 0 bridgehead atoms. The lowest BCUT2D eigenvalue weighted by Crippen LogP contribution is -2.30. The van der Waals surface area contributed by atoms with Gasteiger partial charge in [-0.3, -0.25) is 0 Å². The molecule has 7 heteroatoms. The molecule has 0 saturated heterocycles. The molecule has 0 amide bonds. The van der Waals surface area contributed by atoms with Gasteiger partial charge < -0.3 is 14.2 Å². The van der Waals surface area contributed by atoms with Crippen molar-refractivity contribution in [2.24, 2.45) is 0 Å². The van der Waals surface area contributed by atoms with Crippen molar-refractivity contribution in [3.05, 3.63) is 49.9 Å². The summed E-state index contributed by atoms with van der Waals surface area (Å²) in [4.78, 5) is 24.9. The van der Waals surface area contributed by atoms with Gasteiger partial charge in [-0.1, -0.05) is 27.7 Å². The van der Waals surface area contributed by atoms with Gasteiger partial charge in [0, 0.05) is 10.0 Å². The van der Waals surface area contributed by atoms with Crippen LogP contribution in [0.5, 0.6) is 5.75 Å². The number of hydrogen-bond donors (Lipinski definition) is 0. The van der Waals surface area contributed by atoms with E-state index in [0.29, 0.717) is 28.6 Å². The van der Waals surface area contributed by atoms with E-state index in [9.17, 15) is 9.59 Å². The highest BCUT2D eigenvalue weighted by atomic mass is 79.9. The number of esters is 2. The van der Waals surface area contributed by atoms with E-state index in [4.69, 9.17) is 14.2 Å². The zero-order valence-corrected chi connectivity index (χ0v) is 15.5. The summed E-state index contributed by atoms with van der Waals surface area (Å²) in [5, 5.41) is 2.16. The molecule has 0 aromatic heterocycles. The van der Waals surface area contributed by atoms with Gasteiger partial charge >= 0.3 is 11.9 Å². The van der Waals surface area contributed by atoms with Crippen LogP contribution in [0.2, 0.25) is 0 Å². The molecule has 5 nitrogen and oxygen atoms in total. The minimum atomic E-state index is -0.555. The monoisotopic (exact) mass is 410 g/mol. The minimum Gasteiger partial charge on any atom is -0.487 e. The molecule has 0 saturated carbocycles. The van der Waals surface area contributed by atoms with E-state index in [0.717, 1.165) is 10.0 Å². The van der Waals surface area contributed by atoms with E-state index in [1.165, 1.54) is 11.8 Å². The van der Waals surface area contributed by atoms with Crippen molar-refractivity contribution in [1.82, 2.24) is 0 Å². The van der Waals surface area contributed by atoms with Gasteiger partial charge in [0.15, 0.2) is 5.09 Å². The number of carbonyl (C=O) groups excluding carboxylic acids is 2. The third-order valence-electron chi connectivity index (χ3n) is 3.60. The van der Waals surface area contributed by atoms with Crippen LogP contribution in [-0.2, 0) is 19.1 Å². The normalized spacial score (nSPS) is 19.0. The maximum atomic E-state index is 12.5. The van der Waals surface area contributed by atoms with Gasteiger partial charge in [-0.2, -0.15) is 0 Å². The van der Waals surface area contributed by atoms with Crippen LogP contribution in [0.4, 0.5) is 0 Å². The molecule has 1 aromatic rings. The molecular formula is C17H15BrO5S. The second kappa shape index (κ2) is 7.03. The number of rotatable bonds is 4. The van der Waals surface area contributed by atoms with Crippen LogP contribution in [-0.4, -0.2) is 25.2 Å². The summed E-state index contributed by atoms with van der Waals surface area (Å²) in [6.07, 6.45) is 0. The number of halogens is 1. The number of fused-ring (bicyclic) bond motifs is 3. The first-order valence-electron chi connectivity index (χ1n) is 7.49. The highest BCUT2D eigenvalue weighted by molar-refractivity contribution is 9.10. The van der Waals surface area contributed by atoms with Gasteiger partial charge in [0.05, 0.1) is 30.3 Å². The lowest BCUT2D eigenvalue weighted by molar-refractivity contribution is -0.138. The summed E-state index contributed by atoms with van der Waals surface area (Å²) in [5.41, 5.74) is 1.49. The van der Waals surface area contributed by atoms with Gasteiger partial charge in [-0.25, -0.2) is 9.59 Å². The summed E-state index contributed by atoms with van der Waals surface area (Å²) in [5.74, 6) is -1.06. The SMILES string of the molecule is CCOC(=O)C1=CSC(OCC)=C2C(=O)Oc3ccc(Br)cc3C12. The average molecular weight is 411 g/mol. The predicted octanol–water partition coefficient (Wildman–Crippen LogP) is 3.89. The summed E-state index contributed by atoms with van der Waals surface area (Å²) < 4.78 is 17.0. The number of carbonyl (C=O) groups is 2. The van der Waals surface area contributed by atoms with Crippen molar-refractivity contribution in [2.45, 2.75) is 19.8 Å². The van der Waals surface area contributed by atoms with E-state index in [-0.39, 0.29) is 6.61 Å². The van der Waals surface area contributed by atoms with Crippen molar-refractivity contribution < 1.29 is 23.8 Å². The maximum absolute atomic E-state index is 12.5. The number of hydrogen-bond acceptors (Lipinski definition) is 6. The fourth-order valence-electron chi connectivity index (χ4n) is 2.66. The van der Waals surface area contributed by atoms with Crippen molar-refractivity contribution in [2.75, 3.05) is 13.2 Å². The Bertz CT molecular complexity index is 768. The molecule has 0 aliphatic carbocycles. The molecule has 126 valence electrons. The van der Waals surface area contributed by atoms with Gasteiger partial charge in [0.1, 0.15) is 5.75 Å². The summed E-state index contributed by atoms with van der Waals surface area (Å²) >= 11 is 4.63. The first-order valence-corrected chi connectivity index (χ1v) is 9.16. The largest absolute Gasteiger partial charge is 0.487 e. The lowest BCUT2D eigenvalue weighted by atomic mass is 9.83. The second-order valence-corrected chi connectivity index (χ2v) is 6.81. The van der Waals surface area contributed by atoms with Gasteiger partial charge in [0.25, 0.3) is 0 Å². The molecule has 0 N–H and O–H groups in total. The molecule has 2 aliphatic heterocycles. The van der Waals surface area contributed by atoms with E-state index in [1.54, 1.807) is 24.5 Å². The van der Waals surface area contributed by atoms with Crippen LogP contribution in [0, 0.1) is 0 Å². The summed E-state index contributed by atoms with van der Waals surface area (Å²) in [7, 11) is 0. The standard InChI is InChI=1S/C17H15BrO5S/c1-3-21-15(19)11-8-24-17(22-4-2)14-13(11)10-7-9(18)5-6-12(10)23-16(14)20/h5-8,13H,3-4H2,1-2H3. The number of benzene rings is 1. The molecule has 2 aliphatic rings.